The Labute approximate surface area is 139 Å². The molecule has 1 amide bonds. The predicted octanol–water partition coefficient (Wildman–Crippen LogP) is 2.35. The second-order valence-electron chi connectivity index (χ2n) is 5.37. The summed E-state index contributed by atoms with van der Waals surface area (Å²) in [6, 6.07) is 7.77. The molecule has 22 heavy (non-hydrogen) atoms. The van der Waals surface area contributed by atoms with E-state index in [1.165, 1.54) is 6.20 Å². The summed E-state index contributed by atoms with van der Waals surface area (Å²) in [4.78, 5) is 16.2. The number of carbonyl (C=O) groups excluding carboxylic acids is 1. The summed E-state index contributed by atoms with van der Waals surface area (Å²) in [6.07, 6.45) is 1.49. The number of rotatable bonds is 3. The highest BCUT2D eigenvalue weighted by molar-refractivity contribution is 9.10. The molecule has 6 heteroatoms. The highest BCUT2D eigenvalue weighted by Crippen LogP contribution is 2.20. The molecule has 0 bridgehead atoms. The van der Waals surface area contributed by atoms with Gasteiger partial charge in [0.25, 0.3) is 5.91 Å². The molecular formula is C16H19BrN4O. The number of nitriles is 1. The van der Waals surface area contributed by atoms with Gasteiger partial charge in [-0.25, -0.2) is 0 Å². The normalized spacial score (nSPS) is 16.3. The number of carbonyl (C=O) groups is 1. The van der Waals surface area contributed by atoms with Crippen molar-refractivity contribution in [3.8, 4) is 6.07 Å². The molecule has 0 unspecified atom stereocenters. The van der Waals surface area contributed by atoms with Gasteiger partial charge < -0.3 is 15.1 Å². The van der Waals surface area contributed by atoms with Gasteiger partial charge in [-0.3, -0.25) is 4.79 Å². The molecule has 1 aromatic rings. The average Bonchev–Trinajstić information content (AvgIpc) is 2.52. The van der Waals surface area contributed by atoms with Crippen molar-refractivity contribution in [2.75, 3.05) is 38.5 Å². The lowest BCUT2D eigenvalue weighted by Gasteiger charge is -2.32. The zero-order chi connectivity index (χ0) is 16.1. The van der Waals surface area contributed by atoms with E-state index in [1.807, 2.05) is 38.2 Å². The van der Waals surface area contributed by atoms with E-state index in [4.69, 9.17) is 0 Å². The number of halogens is 1. The molecule has 0 aliphatic carbocycles. The van der Waals surface area contributed by atoms with E-state index in [-0.39, 0.29) is 11.5 Å². The van der Waals surface area contributed by atoms with E-state index < -0.39 is 0 Å². The monoisotopic (exact) mass is 362 g/mol. The van der Waals surface area contributed by atoms with Crippen LogP contribution in [0.2, 0.25) is 0 Å². The van der Waals surface area contributed by atoms with Crippen LogP contribution in [0.1, 0.15) is 5.56 Å². The van der Waals surface area contributed by atoms with Gasteiger partial charge in [0.1, 0.15) is 11.6 Å². The molecular weight excluding hydrogens is 344 g/mol. The number of hydrogen-bond acceptors (Lipinski definition) is 4. The first-order valence-corrected chi connectivity index (χ1v) is 7.91. The fourth-order valence-electron chi connectivity index (χ4n) is 2.21. The van der Waals surface area contributed by atoms with E-state index in [0.717, 1.165) is 28.8 Å². The number of nitrogens with zero attached hydrogens (tertiary/aromatic N) is 3. The maximum Gasteiger partial charge on any atom is 0.266 e. The summed E-state index contributed by atoms with van der Waals surface area (Å²) >= 11 is 3.44. The fraction of sp³-hybridized carbons (Fsp3) is 0.375. The Morgan fingerprint density at radius 3 is 2.64 bits per heavy atom. The molecule has 0 atom stereocenters. The first-order chi connectivity index (χ1) is 10.5. The van der Waals surface area contributed by atoms with Crippen LogP contribution in [0.4, 0.5) is 5.69 Å². The van der Waals surface area contributed by atoms with Crippen molar-refractivity contribution >= 4 is 27.5 Å². The molecule has 2 rings (SSSR count). The molecule has 1 aromatic carbocycles. The van der Waals surface area contributed by atoms with Gasteiger partial charge in [0.15, 0.2) is 0 Å². The third kappa shape index (κ3) is 4.09. The topological polar surface area (TPSA) is 59.4 Å². The third-order valence-electron chi connectivity index (χ3n) is 3.68. The van der Waals surface area contributed by atoms with Gasteiger partial charge in [-0.05, 0) is 37.7 Å². The largest absolute Gasteiger partial charge is 0.360 e. The number of hydrogen-bond donors (Lipinski definition) is 1. The van der Waals surface area contributed by atoms with Crippen molar-refractivity contribution in [1.82, 2.24) is 9.80 Å². The first kappa shape index (κ1) is 16.5. The van der Waals surface area contributed by atoms with E-state index in [2.05, 4.69) is 26.1 Å². The van der Waals surface area contributed by atoms with Crippen LogP contribution in [0.5, 0.6) is 0 Å². The lowest BCUT2D eigenvalue weighted by Crippen LogP contribution is -2.47. The van der Waals surface area contributed by atoms with Crippen LogP contribution < -0.4 is 5.32 Å². The molecule has 1 aliphatic rings. The molecule has 0 aromatic heterocycles. The summed E-state index contributed by atoms with van der Waals surface area (Å²) in [7, 11) is 2.03. The Balaban J connectivity index is 2.05. The van der Waals surface area contributed by atoms with Crippen LogP contribution in [0.15, 0.2) is 34.4 Å². The van der Waals surface area contributed by atoms with Crippen molar-refractivity contribution in [2.24, 2.45) is 0 Å². The van der Waals surface area contributed by atoms with Gasteiger partial charge in [-0.15, -0.1) is 0 Å². The second kappa shape index (κ2) is 7.43. The standard InChI is InChI=1S/C16H19BrN4O/c1-12-9-14(3-4-15(12)17)19-11-13(10-18)16(22)21-7-5-20(2)6-8-21/h3-4,9,11,19H,5-8H2,1-2H3/b13-11-. The number of piperazine rings is 1. The van der Waals surface area contributed by atoms with Gasteiger partial charge in [-0.1, -0.05) is 15.9 Å². The summed E-state index contributed by atoms with van der Waals surface area (Å²) in [5, 5.41) is 12.3. The molecule has 1 aliphatic heterocycles. The number of amides is 1. The molecule has 0 radical (unpaired) electrons. The highest BCUT2D eigenvalue weighted by atomic mass is 79.9. The van der Waals surface area contributed by atoms with E-state index in [9.17, 15) is 10.1 Å². The molecule has 116 valence electrons. The summed E-state index contributed by atoms with van der Waals surface area (Å²) < 4.78 is 1.02. The molecule has 0 saturated carbocycles. The third-order valence-corrected chi connectivity index (χ3v) is 4.57. The van der Waals surface area contributed by atoms with Crippen molar-refractivity contribution in [3.63, 3.8) is 0 Å². The second-order valence-corrected chi connectivity index (χ2v) is 6.23. The molecule has 5 nitrogen and oxygen atoms in total. The van der Waals surface area contributed by atoms with E-state index in [0.29, 0.717) is 13.1 Å². The molecule has 1 N–H and O–H groups in total. The van der Waals surface area contributed by atoms with Crippen LogP contribution in [0, 0.1) is 18.3 Å². The number of benzene rings is 1. The van der Waals surface area contributed by atoms with Gasteiger partial charge in [0.2, 0.25) is 0 Å². The Morgan fingerprint density at radius 2 is 2.05 bits per heavy atom. The molecule has 1 heterocycles. The van der Waals surface area contributed by atoms with Gasteiger partial charge in [-0.2, -0.15) is 5.26 Å². The van der Waals surface area contributed by atoms with Crippen molar-refractivity contribution in [2.45, 2.75) is 6.92 Å². The van der Waals surface area contributed by atoms with E-state index in [1.54, 1.807) is 4.90 Å². The Kier molecular flexibility index (Phi) is 5.58. The minimum atomic E-state index is -0.211. The quantitative estimate of drug-likeness (QED) is 0.662. The first-order valence-electron chi connectivity index (χ1n) is 7.12. The Hall–Kier alpha value is -1.84. The number of likely N-dealkylation sites (N-methyl/N-ethyl adjacent to an activating group) is 1. The van der Waals surface area contributed by atoms with Crippen molar-refractivity contribution < 1.29 is 4.79 Å². The Bertz CT molecular complexity index is 628. The Morgan fingerprint density at radius 1 is 1.36 bits per heavy atom. The maximum atomic E-state index is 12.3. The zero-order valence-corrected chi connectivity index (χ0v) is 14.4. The molecule has 1 fully saturated rings. The lowest BCUT2D eigenvalue weighted by molar-refractivity contribution is -0.128. The van der Waals surface area contributed by atoms with Crippen molar-refractivity contribution in [1.29, 1.82) is 5.26 Å². The minimum absolute atomic E-state index is 0.130. The van der Waals surface area contributed by atoms with Crippen LogP contribution >= 0.6 is 15.9 Å². The SMILES string of the molecule is Cc1cc(N/C=C(/C#N)C(=O)N2CCN(C)CC2)ccc1Br. The summed E-state index contributed by atoms with van der Waals surface area (Å²) in [5.74, 6) is -0.211. The summed E-state index contributed by atoms with van der Waals surface area (Å²) in [6.45, 7) is 4.98. The van der Waals surface area contributed by atoms with E-state index >= 15 is 0 Å². The number of anilines is 1. The fourth-order valence-corrected chi connectivity index (χ4v) is 2.46. The zero-order valence-electron chi connectivity index (χ0n) is 12.8. The number of nitrogens with one attached hydrogen (secondary N) is 1. The van der Waals surface area contributed by atoms with Gasteiger partial charge in [0, 0.05) is 42.5 Å². The summed E-state index contributed by atoms with van der Waals surface area (Å²) in [5.41, 5.74) is 2.06. The molecule has 1 saturated heterocycles. The maximum absolute atomic E-state index is 12.3. The van der Waals surface area contributed by atoms with Crippen LogP contribution in [0.25, 0.3) is 0 Å². The van der Waals surface area contributed by atoms with Crippen molar-refractivity contribution in [3.05, 3.63) is 40.0 Å². The minimum Gasteiger partial charge on any atom is -0.360 e. The van der Waals surface area contributed by atoms with Crippen LogP contribution in [-0.4, -0.2) is 48.9 Å². The van der Waals surface area contributed by atoms with Gasteiger partial charge in [0.05, 0.1) is 0 Å². The predicted molar refractivity (Wildman–Crippen MR) is 90.3 cm³/mol. The van der Waals surface area contributed by atoms with Crippen LogP contribution in [0.3, 0.4) is 0 Å². The van der Waals surface area contributed by atoms with Gasteiger partial charge >= 0.3 is 0 Å². The smallest absolute Gasteiger partial charge is 0.266 e. The number of aryl methyl sites for hydroxylation is 1. The average molecular weight is 363 g/mol. The van der Waals surface area contributed by atoms with Crippen LogP contribution in [-0.2, 0) is 4.79 Å². The molecule has 0 spiro atoms. The lowest BCUT2D eigenvalue weighted by atomic mass is 10.2. The highest BCUT2D eigenvalue weighted by Gasteiger charge is 2.22.